The second kappa shape index (κ2) is 6.89. The Morgan fingerprint density at radius 2 is 2.00 bits per heavy atom. The van der Waals surface area contributed by atoms with Crippen molar-refractivity contribution in [1.29, 1.82) is 0 Å². The predicted molar refractivity (Wildman–Crippen MR) is 74.6 cm³/mol. The summed E-state index contributed by atoms with van der Waals surface area (Å²) in [6, 6.07) is 8.40. The summed E-state index contributed by atoms with van der Waals surface area (Å²) in [5.74, 6) is 0.887. The molecule has 0 bridgehead atoms. The minimum atomic E-state index is 0.211. The zero-order valence-corrected chi connectivity index (χ0v) is 11.7. The van der Waals surface area contributed by atoms with Crippen molar-refractivity contribution in [2.45, 2.75) is 25.0 Å². The van der Waals surface area contributed by atoms with Gasteiger partial charge in [-0.05, 0) is 30.5 Å². The molecule has 1 aromatic rings. The van der Waals surface area contributed by atoms with Gasteiger partial charge < -0.3 is 14.6 Å². The van der Waals surface area contributed by atoms with E-state index in [2.05, 4.69) is 17.0 Å². The van der Waals surface area contributed by atoms with Crippen LogP contribution in [0.25, 0.3) is 0 Å². The Kier molecular flexibility index (Phi) is 5.19. The average Bonchev–Trinajstić information content (AvgIpc) is 2.88. The van der Waals surface area contributed by atoms with Gasteiger partial charge >= 0.3 is 0 Å². The summed E-state index contributed by atoms with van der Waals surface area (Å²) in [7, 11) is 3.42. The second-order valence-electron chi connectivity index (χ2n) is 5.02. The summed E-state index contributed by atoms with van der Waals surface area (Å²) in [5, 5.41) is 9.40. The van der Waals surface area contributed by atoms with Crippen molar-refractivity contribution in [1.82, 2.24) is 4.90 Å². The fourth-order valence-electron chi connectivity index (χ4n) is 2.64. The molecule has 0 aliphatic carbocycles. The fraction of sp³-hybridized carbons (Fsp3) is 0.600. The Balaban J connectivity index is 1.86. The second-order valence-corrected chi connectivity index (χ2v) is 5.02. The number of nitrogens with zero attached hydrogens (tertiary/aromatic N) is 1. The molecule has 1 fully saturated rings. The molecule has 4 heteroatoms. The van der Waals surface area contributed by atoms with Gasteiger partial charge in [0.05, 0.1) is 19.8 Å². The molecule has 0 spiro atoms. The maximum absolute atomic E-state index is 9.40. The Hall–Kier alpha value is -1.10. The normalized spacial score (nSPS) is 23.7. The van der Waals surface area contributed by atoms with Crippen molar-refractivity contribution in [3.8, 4) is 5.75 Å². The first-order valence-corrected chi connectivity index (χ1v) is 6.77. The van der Waals surface area contributed by atoms with E-state index in [-0.39, 0.29) is 18.8 Å². The number of hydrogen-bond acceptors (Lipinski definition) is 4. The third-order valence-electron chi connectivity index (χ3n) is 3.88. The highest BCUT2D eigenvalue weighted by Crippen LogP contribution is 2.20. The Morgan fingerprint density at radius 3 is 2.58 bits per heavy atom. The number of aliphatic hydroxyl groups is 1. The van der Waals surface area contributed by atoms with E-state index in [1.54, 1.807) is 14.2 Å². The molecular weight excluding hydrogens is 242 g/mol. The lowest BCUT2D eigenvalue weighted by Gasteiger charge is -2.22. The smallest absolute Gasteiger partial charge is 0.118 e. The van der Waals surface area contributed by atoms with Gasteiger partial charge in [-0.15, -0.1) is 0 Å². The molecule has 1 aromatic carbocycles. The Labute approximate surface area is 114 Å². The molecule has 19 heavy (non-hydrogen) atoms. The van der Waals surface area contributed by atoms with E-state index in [0.29, 0.717) is 0 Å². The highest BCUT2D eigenvalue weighted by atomic mass is 16.5. The summed E-state index contributed by atoms with van der Waals surface area (Å²) in [5.41, 5.74) is 1.29. The quantitative estimate of drug-likeness (QED) is 0.842. The molecular formula is C15H23NO3. The van der Waals surface area contributed by atoms with Crippen LogP contribution in [0.4, 0.5) is 0 Å². The topological polar surface area (TPSA) is 41.9 Å². The van der Waals surface area contributed by atoms with Crippen LogP contribution >= 0.6 is 0 Å². The van der Waals surface area contributed by atoms with Crippen LogP contribution in [0, 0.1) is 0 Å². The molecule has 0 aromatic heterocycles. The van der Waals surface area contributed by atoms with Gasteiger partial charge in [-0.3, -0.25) is 4.90 Å². The van der Waals surface area contributed by atoms with Crippen molar-refractivity contribution in [3.63, 3.8) is 0 Å². The number of hydrogen-bond donors (Lipinski definition) is 1. The standard InChI is InChI=1S/C15H23NO3/c1-18-14-5-3-12(4-6-14)7-8-16-10-15(19-2)9-13(16)11-17/h3-6,13,15,17H,7-11H2,1-2H3/t13-,15+/m0/s1. The number of aliphatic hydroxyl groups excluding tert-OH is 1. The van der Waals surface area contributed by atoms with Crippen LogP contribution in [-0.2, 0) is 11.2 Å². The van der Waals surface area contributed by atoms with E-state index in [9.17, 15) is 5.11 Å². The SMILES string of the molecule is COc1ccc(CCN2C[C@H](OC)C[C@H]2CO)cc1. The van der Waals surface area contributed by atoms with Crippen molar-refractivity contribution < 1.29 is 14.6 Å². The van der Waals surface area contributed by atoms with Crippen LogP contribution < -0.4 is 4.74 Å². The number of ether oxygens (including phenoxy) is 2. The van der Waals surface area contributed by atoms with Gasteiger partial charge in [0.15, 0.2) is 0 Å². The van der Waals surface area contributed by atoms with Gasteiger partial charge in [0.25, 0.3) is 0 Å². The molecule has 1 aliphatic rings. The molecule has 0 amide bonds. The molecule has 0 saturated carbocycles. The molecule has 2 atom stereocenters. The molecule has 0 radical (unpaired) electrons. The zero-order valence-electron chi connectivity index (χ0n) is 11.7. The first kappa shape index (κ1) is 14.3. The molecule has 2 rings (SSSR count). The number of rotatable bonds is 6. The molecule has 0 unspecified atom stereocenters. The maximum atomic E-state index is 9.40. The number of benzene rings is 1. The van der Waals surface area contributed by atoms with Gasteiger partial charge in [-0.2, -0.15) is 0 Å². The highest BCUT2D eigenvalue weighted by Gasteiger charge is 2.30. The van der Waals surface area contributed by atoms with E-state index in [4.69, 9.17) is 9.47 Å². The van der Waals surface area contributed by atoms with E-state index < -0.39 is 0 Å². The molecule has 1 aliphatic heterocycles. The van der Waals surface area contributed by atoms with E-state index in [1.807, 2.05) is 12.1 Å². The number of likely N-dealkylation sites (tertiary alicyclic amines) is 1. The van der Waals surface area contributed by atoms with Crippen LogP contribution in [0.1, 0.15) is 12.0 Å². The molecule has 1 heterocycles. The van der Waals surface area contributed by atoms with Gasteiger partial charge in [-0.1, -0.05) is 12.1 Å². The molecule has 106 valence electrons. The van der Waals surface area contributed by atoms with Crippen molar-refractivity contribution in [3.05, 3.63) is 29.8 Å². The Morgan fingerprint density at radius 1 is 1.26 bits per heavy atom. The zero-order chi connectivity index (χ0) is 13.7. The average molecular weight is 265 g/mol. The third-order valence-corrected chi connectivity index (χ3v) is 3.88. The van der Waals surface area contributed by atoms with Crippen molar-refractivity contribution in [2.75, 3.05) is 33.9 Å². The largest absolute Gasteiger partial charge is 0.497 e. The van der Waals surface area contributed by atoms with Crippen molar-refractivity contribution in [2.24, 2.45) is 0 Å². The Bertz CT molecular complexity index is 379. The van der Waals surface area contributed by atoms with Gasteiger partial charge in [0.2, 0.25) is 0 Å². The highest BCUT2D eigenvalue weighted by molar-refractivity contribution is 5.27. The lowest BCUT2D eigenvalue weighted by molar-refractivity contribution is 0.108. The summed E-state index contributed by atoms with van der Waals surface area (Å²) in [4.78, 5) is 2.32. The maximum Gasteiger partial charge on any atom is 0.118 e. The van der Waals surface area contributed by atoms with Crippen LogP contribution in [0.15, 0.2) is 24.3 Å². The lowest BCUT2D eigenvalue weighted by Crippen LogP contribution is -2.34. The summed E-state index contributed by atoms with van der Waals surface area (Å²) in [6.07, 6.45) is 2.17. The third kappa shape index (κ3) is 3.69. The summed E-state index contributed by atoms with van der Waals surface area (Å²) in [6.45, 7) is 2.08. The summed E-state index contributed by atoms with van der Waals surface area (Å²) >= 11 is 0. The lowest BCUT2D eigenvalue weighted by atomic mass is 10.1. The first-order valence-electron chi connectivity index (χ1n) is 6.77. The summed E-state index contributed by atoms with van der Waals surface area (Å²) < 4.78 is 10.5. The van der Waals surface area contributed by atoms with Crippen LogP contribution in [-0.4, -0.2) is 56.1 Å². The van der Waals surface area contributed by atoms with Crippen LogP contribution in [0.2, 0.25) is 0 Å². The van der Waals surface area contributed by atoms with Crippen molar-refractivity contribution >= 4 is 0 Å². The first-order chi connectivity index (χ1) is 9.26. The molecule has 1 N–H and O–H groups in total. The van der Waals surface area contributed by atoms with E-state index in [0.717, 1.165) is 31.7 Å². The van der Waals surface area contributed by atoms with E-state index >= 15 is 0 Å². The minimum absolute atomic E-state index is 0.211. The molecule has 4 nitrogen and oxygen atoms in total. The number of methoxy groups -OCH3 is 2. The minimum Gasteiger partial charge on any atom is -0.497 e. The van der Waals surface area contributed by atoms with Crippen LogP contribution in [0.3, 0.4) is 0 Å². The van der Waals surface area contributed by atoms with Gasteiger partial charge in [0.1, 0.15) is 5.75 Å². The fourth-order valence-corrected chi connectivity index (χ4v) is 2.64. The van der Waals surface area contributed by atoms with E-state index in [1.165, 1.54) is 5.56 Å². The predicted octanol–water partition coefficient (Wildman–Crippen LogP) is 1.32. The monoisotopic (exact) mass is 265 g/mol. The van der Waals surface area contributed by atoms with Gasteiger partial charge in [0, 0.05) is 26.2 Å². The van der Waals surface area contributed by atoms with Gasteiger partial charge in [-0.25, -0.2) is 0 Å². The molecule has 1 saturated heterocycles. The van der Waals surface area contributed by atoms with Crippen LogP contribution in [0.5, 0.6) is 5.75 Å².